The van der Waals surface area contributed by atoms with E-state index < -0.39 is 5.09 Å². The SMILES string of the molecule is C1=CCCCCC1.O=[N+]([O-])O.[Ag+].[CH3-]. The Kier molecular flexibility index (Phi) is 20.2. The maximum absolute atomic E-state index is 8.36. The van der Waals surface area contributed by atoms with Crippen molar-refractivity contribution in [2.45, 2.75) is 32.1 Å². The van der Waals surface area contributed by atoms with Gasteiger partial charge >= 0.3 is 22.4 Å². The van der Waals surface area contributed by atoms with Gasteiger partial charge in [-0.3, -0.25) is 0 Å². The minimum Gasteiger partial charge on any atom is -0.358 e. The van der Waals surface area contributed by atoms with Crippen molar-refractivity contribution in [2.24, 2.45) is 0 Å². The second kappa shape index (κ2) is 14.2. The molecule has 0 unspecified atom stereocenters. The van der Waals surface area contributed by atoms with E-state index in [1.807, 2.05) is 0 Å². The number of hydrogen-bond acceptors (Lipinski definition) is 2. The van der Waals surface area contributed by atoms with Crippen LogP contribution in [-0.2, 0) is 22.4 Å². The molecule has 1 rings (SSSR count). The van der Waals surface area contributed by atoms with Crippen LogP contribution in [0.15, 0.2) is 12.2 Å². The standard InChI is InChI=1S/C7H12.CH3.Ag.HNO3/c1-2-4-6-7-5-3-1;;;2-1(3)4/h1-2H,3-7H2;1H3;;(H,2,3,4)/q;-1;+1;. The molecule has 5 heteroatoms. The Hall–Kier alpha value is -0.320. The summed E-state index contributed by atoms with van der Waals surface area (Å²) in [5, 5.41) is 13.6. The van der Waals surface area contributed by atoms with Crippen LogP contribution in [0, 0.1) is 17.5 Å². The first kappa shape index (κ1) is 18.5. The van der Waals surface area contributed by atoms with E-state index in [9.17, 15) is 0 Å². The average molecular weight is 282 g/mol. The Balaban J connectivity index is -0.000000150. The number of allylic oxidation sites excluding steroid dienone is 2. The molecule has 0 aromatic rings. The van der Waals surface area contributed by atoms with Gasteiger partial charge in [-0.05, 0) is 25.7 Å². The van der Waals surface area contributed by atoms with Crippen LogP contribution in [0.1, 0.15) is 32.1 Å². The fourth-order valence-electron chi connectivity index (χ4n) is 0.937. The molecule has 0 bridgehead atoms. The van der Waals surface area contributed by atoms with E-state index in [0.29, 0.717) is 0 Å². The Morgan fingerprint density at radius 1 is 1.15 bits per heavy atom. The van der Waals surface area contributed by atoms with Crippen LogP contribution in [-0.4, -0.2) is 10.3 Å². The first-order chi connectivity index (χ1) is 5.23. The average Bonchev–Trinajstić information content (AvgIpc) is 2.13. The Morgan fingerprint density at radius 3 is 1.77 bits per heavy atom. The van der Waals surface area contributed by atoms with Gasteiger partial charge < -0.3 is 12.6 Å². The Morgan fingerprint density at radius 2 is 1.46 bits per heavy atom. The van der Waals surface area contributed by atoms with Gasteiger partial charge in [-0.25, -0.2) is 0 Å². The molecule has 0 amide bonds. The molecule has 0 aromatic carbocycles. The summed E-state index contributed by atoms with van der Waals surface area (Å²) in [4.78, 5) is 8.36. The van der Waals surface area contributed by atoms with E-state index in [2.05, 4.69) is 12.2 Å². The number of rotatable bonds is 0. The first-order valence-electron chi connectivity index (χ1n) is 3.71. The van der Waals surface area contributed by atoms with Crippen LogP contribution in [0.25, 0.3) is 0 Å². The number of nitrogens with zero attached hydrogens (tertiary/aromatic N) is 1. The summed E-state index contributed by atoms with van der Waals surface area (Å²) in [5.74, 6) is 0. The van der Waals surface area contributed by atoms with Crippen molar-refractivity contribution < 1.29 is 32.7 Å². The van der Waals surface area contributed by atoms with Gasteiger partial charge in [-0.2, -0.15) is 0 Å². The van der Waals surface area contributed by atoms with Crippen molar-refractivity contribution >= 4 is 0 Å². The topological polar surface area (TPSA) is 63.4 Å². The van der Waals surface area contributed by atoms with E-state index in [-0.39, 0.29) is 29.8 Å². The molecule has 0 aliphatic heterocycles. The molecule has 0 spiro atoms. The summed E-state index contributed by atoms with van der Waals surface area (Å²) in [6.45, 7) is 0. The molecule has 0 aromatic heterocycles. The maximum Gasteiger partial charge on any atom is 1.00 e. The van der Waals surface area contributed by atoms with Gasteiger partial charge in [0.15, 0.2) is 0 Å². The van der Waals surface area contributed by atoms with Crippen LogP contribution in [0.4, 0.5) is 0 Å². The van der Waals surface area contributed by atoms with Gasteiger partial charge in [0, 0.05) is 0 Å². The van der Waals surface area contributed by atoms with Crippen LogP contribution in [0.2, 0.25) is 0 Å². The Bertz CT molecular complexity index is 127. The van der Waals surface area contributed by atoms with Crippen molar-refractivity contribution in [3.8, 4) is 0 Å². The van der Waals surface area contributed by atoms with Crippen molar-refractivity contribution in [1.29, 1.82) is 0 Å². The fourth-order valence-corrected chi connectivity index (χ4v) is 0.937. The minimum atomic E-state index is -1.50. The summed E-state index contributed by atoms with van der Waals surface area (Å²) in [7, 11) is 0. The number of hydrogen-bond donors (Lipinski definition) is 1. The molecule has 1 aliphatic carbocycles. The van der Waals surface area contributed by atoms with Crippen molar-refractivity contribution in [1.82, 2.24) is 0 Å². The summed E-state index contributed by atoms with van der Waals surface area (Å²) >= 11 is 0. The van der Waals surface area contributed by atoms with Gasteiger partial charge in [0.25, 0.3) is 5.09 Å². The summed E-state index contributed by atoms with van der Waals surface area (Å²) in [6.07, 6.45) is 11.5. The van der Waals surface area contributed by atoms with Crippen LogP contribution < -0.4 is 0 Å². The monoisotopic (exact) mass is 281 g/mol. The van der Waals surface area contributed by atoms with Crippen molar-refractivity contribution in [3.05, 3.63) is 29.7 Å². The van der Waals surface area contributed by atoms with Crippen molar-refractivity contribution in [2.75, 3.05) is 0 Å². The molecule has 82 valence electrons. The molecule has 0 fully saturated rings. The van der Waals surface area contributed by atoms with E-state index in [4.69, 9.17) is 15.3 Å². The second-order valence-electron chi connectivity index (χ2n) is 2.35. The molecular weight excluding hydrogens is 266 g/mol. The molecular formula is C8H16AgNO3. The Labute approximate surface area is 94.6 Å². The van der Waals surface area contributed by atoms with Gasteiger partial charge in [0.1, 0.15) is 0 Å². The summed E-state index contributed by atoms with van der Waals surface area (Å²) < 4.78 is 0. The van der Waals surface area contributed by atoms with Crippen LogP contribution in [0.3, 0.4) is 0 Å². The van der Waals surface area contributed by atoms with Gasteiger partial charge in [0.2, 0.25) is 0 Å². The quantitative estimate of drug-likeness (QED) is 0.244. The van der Waals surface area contributed by atoms with Gasteiger partial charge in [0.05, 0.1) is 0 Å². The molecule has 0 saturated carbocycles. The zero-order chi connectivity index (χ0) is 8.53. The van der Waals surface area contributed by atoms with Crippen LogP contribution in [0.5, 0.6) is 0 Å². The predicted octanol–water partition coefficient (Wildman–Crippen LogP) is 2.61. The third-order valence-electron chi connectivity index (χ3n) is 1.41. The zero-order valence-electron chi connectivity index (χ0n) is 7.70. The van der Waals surface area contributed by atoms with E-state index in [0.717, 1.165) is 0 Å². The normalized spacial score (nSPS) is 13.5. The smallest absolute Gasteiger partial charge is 0.358 e. The maximum atomic E-state index is 8.36. The fraction of sp³-hybridized carbons (Fsp3) is 0.625. The molecule has 1 N–H and O–H groups in total. The van der Waals surface area contributed by atoms with Gasteiger partial charge in [-0.15, -0.1) is 10.1 Å². The van der Waals surface area contributed by atoms with E-state index in [1.54, 1.807) is 0 Å². The van der Waals surface area contributed by atoms with Crippen molar-refractivity contribution in [3.63, 3.8) is 0 Å². The third kappa shape index (κ3) is 24.5. The minimum absolute atomic E-state index is 0. The van der Waals surface area contributed by atoms with Crippen LogP contribution >= 0.6 is 0 Å². The van der Waals surface area contributed by atoms with Gasteiger partial charge in [-0.1, -0.05) is 18.6 Å². The molecule has 13 heavy (non-hydrogen) atoms. The second-order valence-corrected chi connectivity index (χ2v) is 2.35. The zero-order valence-corrected chi connectivity index (χ0v) is 9.18. The molecule has 4 nitrogen and oxygen atoms in total. The summed E-state index contributed by atoms with van der Waals surface area (Å²) in [5.41, 5.74) is 0. The first-order valence-corrected chi connectivity index (χ1v) is 3.71. The molecule has 0 atom stereocenters. The largest absolute Gasteiger partial charge is 1.00 e. The molecule has 0 radical (unpaired) electrons. The predicted molar refractivity (Wildman–Crippen MR) is 47.4 cm³/mol. The molecule has 1 aliphatic rings. The van der Waals surface area contributed by atoms with E-state index in [1.165, 1.54) is 32.1 Å². The molecule has 0 saturated heterocycles. The molecule has 0 heterocycles. The summed E-state index contributed by atoms with van der Waals surface area (Å²) in [6, 6.07) is 0. The third-order valence-corrected chi connectivity index (χ3v) is 1.41. The van der Waals surface area contributed by atoms with E-state index >= 15 is 0 Å².